The van der Waals surface area contributed by atoms with Gasteiger partial charge >= 0.3 is 10.1 Å². The molecule has 202 valence electrons. The van der Waals surface area contributed by atoms with Crippen LogP contribution >= 0.6 is 35.0 Å². The van der Waals surface area contributed by atoms with Crippen molar-refractivity contribution in [1.29, 1.82) is 0 Å². The van der Waals surface area contributed by atoms with Crippen LogP contribution < -0.4 is 18.4 Å². The minimum atomic E-state index is -4.16. The van der Waals surface area contributed by atoms with Crippen molar-refractivity contribution < 1.29 is 36.4 Å². The Labute approximate surface area is 238 Å². The summed E-state index contributed by atoms with van der Waals surface area (Å²) in [7, 11) is -4.16. The average Bonchev–Trinajstić information content (AvgIpc) is 3.45. The van der Waals surface area contributed by atoms with Crippen LogP contribution in [0.1, 0.15) is 18.1 Å². The number of nitrogens with zero attached hydrogens (tertiary/aromatic N) is 1. The lowest BCUT2D eigenvalue weighted by atomic mass is 10.1. The van der Waals surface area contributed by atoms with Gasteiger partial charge in [-0.2, -0.15) is 8.42 Å². The summed E-state index contributed by atoms with van der Waals surface area (Å²) in [6.07, 6.45) is 1.52. The molecule has 0 unspecified atom stereocenters. The number of thioether (sulfide) groups is 1. The lowest BCUT2D eigenvalue weighted by Gasteiger charge is -2.14. The van der Waals surface area contributed by atoms with Crippen molar-refractivity contribution in [1.82, 2.24) is 4.90 Å². The highest BCUT2D eigenvalue weighted by atomic mass is 35.5. The molecule has 2 heterocycles. The number of halogens is 2. The summed E-state index contributed by atoms with van der Waals surface area (Å²) in [5.74, 6) is 0.601. The number of amides is 2. The van der Waals surface area contributed by atoms with Crippen molar-refractivity contribution in [2.75, 3.05) is 13.4 Å². The van der Waals surface area contributed by atoms with E-state index in [2.05, 4.69) is 0 Å². The monoisotopic (exact) mass is 607 g/mol. The average molecular weight is 608 g/mol. The molecule has 0 bridgehead atoms. The van der Waals surface area contributed by atoms with E-state index in [9.17, 15) is 18.0 Å². The smallest absolute Gasteiger partial charge is 0.339 e. The van der Waals surface area contributed by atoms with E-state index in [-0.39, 0.29) is 41.2 Å². The molecule has 0 spiro atoms. The van der Waals surface area contributed by atoms with Gasteiger partial charge in [-0.3, -0.25) is 14.5 Å². The first kappa shape index (κ1) is 27.2. The van der Waals surface area contributed by atoms with Crippen LogP contribution in [0, 0.1) is 0 Å². The molecule has 39 heavy (non-hydrogen) atoms. The van der Waals surface area contributed by atoms with Gasteiger partial charge in [0.15, 0.2) is 23.0 Å². The van der Waals surface area contributed by atoms with Crippen LogP contribution in [0.25, 0.3) is 6.08 Å². The van der Waals surface area contributed by atoms with Gasteiger partial charge in [-0.05, 0) is 78.4 Å². The van der Waals surface area contributed by atoms with Crippen LogP contribution in [-0.2, 0) is 21.5 Å². The number of benzene rings is 3. The fraction of sp³-hybridized carbons (Fsp3) is 0.154. The fourth-order valence-corrected chi connectivity index (χ4v) is 5.88. The third-order valence-electron chi connectivity index (χ3n) is 5.61. The summed E-state index contributed by atoms with van der Waals surface area (Å²) in [6, 6.07) is 13.3. The lowest BCUT2D eigenvalue weighted by molar-refractivity contribution is -0.123. The predicted octanol–water partition coefficient (Wildman–Crippen LogP) is 6.13. The molecule has 3 aromatic carbocycles. The van der Waals surface area contributed by atoms with Crippen LogP contribution in [0.3, 0.4) is 0 Å². The Hall–Kier alpha value is -3.38. The number of carbonyl (C=O) groups excluding carboxylic acids is 2. The Balaban J connectivity index is 1.37. The Morgan fingerprint density at radius 1 is 1.00 bits per heavy atom. The number of carbonyl (C=O) groups is 2. The van der Waals surface area contributed by atoms with Crippen molar-refractivity contribution >= 4 is 62.3 Å². The molecule has 0 aliphatic carbocycles. The number of fused-ring (bicyclic) bond motifs is 1. The van der Waals surface area contributed by atoms with E-state index in [0.29, 0.717) is 32.7 Å². The van der Waals surface area contributed by atoms with E-state index >= 15 is 0 Å². The first-order valence-corrected chi connectivity index (χ1v) is 14.4. The number of hydrogen-bond acceptors (Lipinski definition) is 9. The van der Waals surface area contributed by atoms with E-state index < -0.39 is 21.3 Å². The van der Waals surface area contributed by atoms with Gasteiger partial charge in [0.25, 0.3) is 11.1 Å². The maximum atomic E-state index is 13.1. The van der Waals surface area contributed by atoms with Crippen molar-refractivity contribution in [3.05, 3.63) is 80.7 Å². The molecule has 9 nitrogen and oxygen atoms in total. The summed E-state index contributed by atoms with van der Waals surface area (Å²) in [6.45, 7) is 1.99. The molecule has 2 amide bonds. The Kier molecular flexibility index (Phi) is 7.68. The van der Waals surface area contributed by atoms with Crippen LogP contribution in [0.4, 0.5) is 4.79 Å². The fourth-order valence-electron chi connectivity index (χ4n) is 3.76. The summed E-state index contributed by atoms with van der Waals surface area (Å²) in [5, 5.41) is 0.267. The second kappa shape index (κ2) is 11.0. The number of rotatable bonds is 8. The zero-order valence-corrected chi connectivity index (χ0v) is 23.3. The van der Waals surface area contributed by atoms with Crippen LogP contribution in [0.15, 0.2) is 64.4 Å². The van der Waals surface area contributed by atoms with Gasteiger partial charge in [-0.25, -0.2) is 0 Å². The van der Waals surface area contributed by atoms with Gasteiger partial charge in [0.2, 0.25) is 6.79 Å². The van der Waals surface area contributed by atoms with Gasteiger partial charge in [-0.1, -0.05) is 29.3 Å². The zero-order chi connectivity index (χ0) is 27.7. The Bertz CT molecular complexity index is 1610. The molecule has 3 aromatic rings. The minimum absolute atomic E-state index is 0.0329. The molecule has 0 saturated carbocycles. The van der Waals surface area contributed by atoms with Crippen molar-refractivity contribution in [2.45, 2.75) is 18.4 Å². The summed E-state index contributed by atoms with van der Waals surface area (Å²) in [4.78, 5) is 27.0. The van der Waals surface area contributed by atoms with Crippen LogP contribution in [0.2, 0.25) is 10.0 Å². The van der Waals surface area contributed by atoms with Crippen LogP contribution in [0.5, 0.6) is 23.0 Å². The molecule has 13 heteroatoms. The largest absolute Gasteiger partial charge is 0.490 e. The third-order valence-corrected chi connectivity index (χ3v) is 8.37. The van der Waals surface area contributed by atoms with Gasteiger partial charge in [-0.15, -0.1) is 0 Å². The molecule has 5 rings (SSSR count). The lowest BCUT2D eigenvalue weighted by Crippen LogP contribution is -2.27. The molecule has 1 fully saturated rings. The first-order chi connectivity index (χ1) is 18.6. The Morgan fingerprint density at radius 3 is 2.44 bits per heavy atom. The Morgan fingerprint density at radius 2 is 1.72 bits per heavy atom. The van der Waals surface area contributed by atoms with E-state index in [1.54, 1.807) is 25.1 Å². The molecular weight excluding hydrogens is 589 g/mol. The SMILES string of the molecule is CCOc1cc(/C=C2\SC(=O)N(Cc3cc4c(cc3Cl)OCO4)C2=O)ccc1OS(=O)(=O)c1ccc(Cl)cc1. The van der Waals surface area contributed by atoms with Gasteiger partial charge in [0.1, 0.15) is 4.90 Å². The molecule has 0 atom stereocenters. The normalized spacial score (nSPS) is 15.8. The molecular formula is C26H19Cl2NO8S2. The van der Waals surface area contributed by atoms with E-state index in [4.69, 9.17) is 41.6 Å². The number of imide groups is 1. The molecule has 0 N–H and O–H groups in total. The maximum Gasteiger partial charge on any atom is 0.339 e. The quantitative estimate of drug-likeness (QED) is 0.221. The summed E-state index contributed by atoms with van der Waals surface area (Å²) in [5.41, 5.74) is 1.03. The van der Waals surface area contributed by atoms with Crippen LogP contribution in [-0.4, -0.2) is 37.9 Å². The summed E-state index contributed by atoms with van der Waals surface area (Å²) >= 11 is 12.9. The second-order valence-electron chi connectivity index (χ2n) is 8.20. The minimum Gasteiger partial charge on any atom is -0.490 e. The van der Waals surface area contributed by atoms with Gasteiger partial charge in [0.05, 0.1) is 18.1 Å². The van der Waals surface area contributed by atoms with Crippen molar-refractivity contribution in [3.8, 4) is 23.0 Å². The van der Waals surface area contributed by atoms with Crippen molar-refractivity contribution in [2.24, 2.45) is 0 Å². The molecule has 0 aromatic heterocycles. The topological polar surface area (TPSA) is 108 Å². The second-order valence-corrected chi connectivity index (χ2v) is 11.6. The molecule has 0 radical (unpaired) electrons. The number of ether oxygens (including phenoxy) is 3. The molecule has 1 saturated heterocycles. The highest BCUT2D eigenvalue weighted by Gasteiger charge is 2.36. The summed E-state index contributed by atoms with van der Waals surface area (Å²) < 4.78 is 47.0. The molecule has 2 aliphatic heterocycles. The standard InChI is InChI=1S/C26H19Cl2NO8S2/c1-2-34-21-9-15(3-8-20(21)37-39(32,33)18-6-4-17(27)5-7-18)10-24-25(30)29(26(31)38-24)13-16-11-22-23(12-19(16)28)36-14-35-22/h3-12H,2,13-14H2,1H3/b24-10-. The van der Waals surface area contributed by atoms with Crippen molar-refractivity contribution in [3.63, 3.8) is 0 Å². The van der Waals surface area contributed by atoms with E-state index in [1.807, 2.05) is 0 Å². The third kappa shape index (κ3) is 5.81. The molecule has 2 aliphatic rings. The van der Waals surface area contributed by atoms with E-state index in [0.717, 1.165) is 16.7 Å². The number of hydrogen-bond donors (Lipinski definition) is 0. The first-order valence-electron chi connectivity index (χ1n) is 11.4. The highest BCUT2D eigenvalue weighted by molar-refractivity contribution is 8.18. The predicted molar refractivity (Wildman–Crippen MR) is 146 cm³/mol. The highest BCUT2D eigenvalue weighted by Crippen LogP contribution is 2.40. The van der Waals surface area contributed by atoms with Gasteiger partial charge in [0, 0.05) is 16.1 Å². The maximum absolute atomic E-state index is 13.1. The zero-order valence-electron chi connectivity index (χ0n) is 20.2. The van der Waals surface area contributed by atoms with E-state index in [1.165, 1.54) is 42.5 Å². The van der Waals surface area contributed by atoms with Gasteiger partial charge < -0.3 is 18.4 Å².